The third kappa shape index (κ3) is 5.60. The van der Waals surface area contributed by atoms with Crippen molar-refractivity contribution in [3.05, 3.63) is 28.2 Å². The first-order valence-corrected chi connectivity index (χ1v) is 8.99. The van der Waals surface area contributed by atoms with Gasteiger partial charge in [0, 0.05) is 31.3 Å². The van der Waals surface area contributed by atoms with Gasteiger partial charge < -0.3 is 15.2 Å². The molecule has 0 radical (unpaired) electrons. The Morgan fingerprint density at radius 2 is 2.12 bits per heavy atom. The monoisotopic (exact) mass is 374 g/mol. The third-order valence-corrected chi connectivity index (χ3v) is 4.80. The molecule has 0 aliphatic carbocycles. The topological polar surface area (TPSA) is 61.8 Å². The molecule has 1 saturated heterocycles. The first-order valence-electron chi connectivity index (χ1n) is 8.23. The molecule has 5 nitrogen and oxygen atoms in total. The van der Waals surface area contributed by atoms with Crippen LogP contribution in [0.4, 0.5) is 5.69 Å². The molecule has 1 aliphatic heterocycles. The Balaban J connectivity index is 1.81. The number of aliphatic hydroxyl groups is 1. The lowest BCUT2D eigenvalue weighted by Gasteiger charge is -2.35. The van der Waals surface area contributed by atoms with Crippen LogP contribution in [0.2, 0.25) is 10.0 Å². The molecule has 1 aliphatic rings. The minimum absolute atomic E-state index is 0.0844. The van der Waals surface area contributed by atoms with Crippen molar-refractivity contribution in [2.75, 3.05) is 31.6 Å². The van der Waals surface area contributed by atoms with E-state index in [1.807, 2.05) is 6.92 Å². The van der Waals surface area contributed by atoms with E-state index in [0.717, 1.165) is 25.9 Å². The van der Waals surface area contributed by atoms with Crippen LogP contribution in [0, 0.1) is 0 Å². The summed E-state index contributed by atoms with van der Waals surface area (Å²) in [7, 11) is 0. The van der Waals surface area contributed by atoms with Crippen LogP contribution in [0.15, 0.2) is 18.2 Å². The SMILES string of the molecule is C[C@H](C(=O)Nc1ccc(Cl)cc1Cl)N1CCC(OCCCO)CC1. The van der Waals surface area contributed by atoms with Crippen LogP contribution in [0.1, 0.15) is 26.2 Å². The van der Waals surface area contributed by atoms with E-state index in [2.05, 4.69) is 10.2 Å². The number of piperidine rings is 1. The predicted octanol–water partition coefficient (Wildman–Crippen LogP) is 3.18. The summed E-state index contributed by atoms with van der Waals surface area (Å²) in [6.45, 7) is 4.27. The Labute approximate surface area is 152 Å². The fourth-order valence-corrected chi connectivity index (χ4v) is 3.19. The van der Waals surface area contributed by atoms with Crippen molar-refractivity contribution in [1.29, 1.82) is 0 Å². The maximum Gasteiger partial charge on any atom is 0.241 e. The summed E-state index contributed by atoms with van der Waals surface area (Å²) in [6.07, 6.45) is 2.67. The number of halogens is 2. The molecule has 1 aromatic carbocycles. The average molecular weight is 375 g/mol. The molecule has 1 fully saturated rings. The van der Waals surface area contributed by atoms with E-state index < -0.39 is 0 Å². The molecule has 7 heteroatoms. The zero-order valence-corrected chi connectivity index (χ0v) is 15.3. The minimum Gasteiger partial charge on any atom is -0.396 e. The number of likely N-dealkylation sites (tertiary alicyclic amines) is 1. The number of benzene rings is 1. The van der Waals surface area contributed by atoms with Gasteiger partial charge >= 0.3 is 0 Å². The summed E-state index contributed by atoms with van der Waals surface area (Å²) >= 11 is 12.0. The van der Waals surface area contributed by atoms with Gasteiger partial charge in [-0.25, -0.2) is 0 Å². The van der Waals surface area contributed by atoms with Crippen molar-refractivity contribution in [2.45, 2.75) is 38.3 Å². The van der Waals surface area contributed by atoms with Gasteiger partial charge in [-0.3, -0.25) is 9.69 Å². The van der Waals surface area contributed by atoms with E-state index in [0.29, 0.717) is 28.8 Å². The lowest BCUT2D eigenvalue weighted by molar-refractivity contribution is -0.121. The number of carbonyl (C=O) groups is 1. The second-order valence-electron chi connectivity index (χ2n) is 5.97. The first kappa shape index (κ1) is 19.5. The lowest BCUT2D eigenvalue weighted by Crippen LogP contribution is -2.47. The molecule has 0 saturated carbocycles. The van der Waals surface area contributed by atoms with Gasteiger partial charge in [-0.1, -0.05) is 23.2 Å². The zero-order valence-electron chi connectivity index (χ0n) is 13.8. The number of carbonyl (C=O) groups excluding carboxylic acids is 1. The molecule has 0 unspecified atom stereocenters. The number of nitrogens with one attached hydrogen (secondary N) is 1. The van der Waals surface area contributed by atoms with E-state index in [-0.39, 0.29) is 24.7 Å². The van der Waals surface area contributed by atoms with E-state index in [1.54, 1.807) is 18.2 Å². The van der Waals surface area contributed by atoms with Crippen LogP contribution in [-0.4, -0.2) is 54.4 Å². The highest BCUT2D eigenvalue weighted by Crippen LogP contribution is 2.26. The molecule has 1 heterocycles. The smallest absolute Gasteiger partial charge is 0.241 e. The molecule has 0 aromatic heterocycles. The van der Waals surface area contributed by atoms with Crippen molar-refractivity contribution < 1.29 is 14.6 Å². The highest BCUT2D eigenvalue weighted by Gasteiger charge is 2.27. The fraction of sp³-hybridized carbons (Fsp3) is 0.588. The van der Waals surface area contributed by atoms with Gasteiger partial charge in [-0.15, -0.1) is 0 Å². The Bertz CT molecular complexity index is 549. The van der Waals surface area contributed by atoms with Crippen molar-refractivity contribution in [3.8, 4) is 0 Å². The molecule has 2 N–H and O–H groups in total. The summed E-state index contributed by atoms with van der Waals surface area (Å²) in [6, 6.07) is 4.77. The van der Waals surface area contributed by atoms with E-state index in [1.165, 1.54) is 0 Å². The van der Waals surface area contributed by atoms with Crippen molar-refractivity contribution in [3.63, 3.8) is 0 Å². The number of rotatable bonds is 7. The standard InChI is InChI=1S/C17H24Cl2N2O3/c1-12(17(23)20-16-4-3-13(18)11-15(16)19)21-7-5-14(6-8-21)24-10-2-9-22/h3-4,11-12,14,22H,2,5-10H2,1H3,(H,20,23)/t12-/m1/s1. The zero-order chi connectivity index (χ0) is 17.5. The maximum atomic E-state index is 12.4. The Hall–Kier alpha value is -0.850. The Morgan fingerprint density at radius 1 is 1.42 bits per heavy atom. The first-order chi connectivity index (χ1) is 11.5. The molecule has 24 heavy (non-hydrogen) atoms. The largest absolute Gasteiger partial charge is 0.396 e. The van der Waals surface area contributed by atoms with Gasteiger partial charge in [-0.2, -0.15) is 0 Å². The Morgan fingerprint density at radius 3 is 2.75 bits per heavy atom. The average Bonchev–Trinajstić information content (AvgIpc) is 2.57. The minimum atomic E-state index is -0.241. The molecule has 134 valence electrons. The third-order valence-electron chi connectivity index (χ3n) is 4.25. The van der Waals surface area contributed by atoms with Crippen molar-refractivity contribution in [1.82, 2.24) is 4.90 Å². The summed E-state index contributed by atoms with van der Waals surface area (Å²) in [5.74, 6) is -0.0844. The van der Waals surface area contributed by atoms with Gasteiger partial charge in [-0.05, 0) is 44.4 Å². The van der Waals surface area contributed by atoms with Crippen LogP contribution in [0.5, 0.6) is 0 Å². The fourth-order valence-electron chi connectivity index (χ4n) is 2.74. The highest BCUT2D eigenvalue weighted by atomic mass is 35.5. The summed E-state index contributed by atoms with van der Waals surface area (Å²) in [5.41, 5.74) is 0.570. The summed E-state index contributed by atoms with van der Waals surface area (Å²) in [5, 5.41) is 12.6. The second kappa shape index (κ2) is 9.59. The van der Waals surface area contributed by atoms with E-state index in [9.17, 15) is 4.79 Å². The van der Waals surface area contributed by atoms with Crippen LogP contribution in [0.3, 0.4) is 0 Å². The van der Waals surface area contributed by atoms with Crippen molar-refractivity contribution >= 4 is 34.8 Å². The van der Waals surface area contributed by atoms with Crippen LogP contribution >= 0.6 is 23.2 Å². The van der Waals surface area contributed by atoms with Crippen LogP contribution in [-0.2, 0) is 9.53 Å². The molecule has 1 atom stereocenters. The van der Waals surface area contributed by atoms with Crippen LogP contribution < -0.4 is 5.32 Å². The molecule has 1 amide bonds. The molecule has 2 rings (SSSR count). The van der Waals surface area contributed by atoms with Crippen molar-refractivity contribution in [2.24, 2.45) is 0 Å². The molecule has 1 aromatic rings. The predicted molar refractivity (Wildman–Crippen MR) is 96.8 cm³/mol. The molecular weight excluding hydrogens is 351 g/mol. The molecule has 0 spiro atoms. The van der Waals surface area contributed by atoms with Crippen LogP contribution in [0.25, 0.3) is 0 Å². The number of anilines is 1. The summed E-state index contributed by atoms with van der Waals surface area (Å²) < 4.78 is 5.72. The number of nitrogens with zero attached hydrogens (tertiary/aromatic N) is 1. The van der Waals surface area contributed by atoms with Gasteiger partial charge in [0.05, 0.1) is 22.9 Å². The second-order valence-corrected chi connectivity index (χ2v) is 6.82. The maximum absolute atomic E-state index is 12.4. The van der Waals surface area contributed by atoms with Gasteiger partial charge in [0.15, 0.2) is 0 Å². The number of hydrogen-bond donors (Lipinski definition) is 2. The number of aliphatic hydroxyl groups excluding tert-OH is 1. The Kier molecular flexibility index (Phi) is 7.78. The molecule has 0 bridgehead atoms. The highest BCUT2D eigenvalue weighted by molar-refractivity contribution is 6.36. The normalized spacial score (nSPS) is 17.7. The van der Waals surface area contributed by atoms with E-state index >= 15 is 0 Å². The lowest BCUT2D eigenvalue weighted by atomic mass is 10.1. The number of amides is 1. The molecular formula is C17H24Cl2N2O3. The number of hydrogen-bond acceptors (Lipinski definition) is 4. The van der Waals surface area contributed by atoms with Gasteiger partial charge in [0.1, 0.15) is 0 Å². The number of ether oxygens (including phenoxy) is 1. The summed E-state index contributed by atoms with van der Waals surface area (Å²) in [4.78, 5) is 14.6. The quantitative estimate of drug-likeness (QED) is 0.719. The van der Waals surface area contributed by atoms with Gasteiger partial charge in [0.2, 0.25) is 5.91 Å². The van der Waals surface area contributed by atoms with E-state index in [4.69, 9.17) is 33.0 Å². The van der Waals surface area contributed by atoms with Gasteiger partial charge in [0.25, 0.3) is 0 Å².